The van der Waals surface area contributed by atoms with E-state index in [1.165, 1.54) is 11.1 Å². The van der Waals surface area contributed by atoms with Gasteiger partial charge in [-0.05, 0) is 41.8 Å². The Labute approximate surface area is 131 Å². The number of rotatable bonds is 5. The SMILES string of the molecule is Nc1ccc(CN(Cc2ccc(N)cc2)[C@@H]2CCOC2)cc1. The molecule has 3 rings (SSSR count). The van der Waals surface area contributed by atoms with Crippen LogP contribution in [0.2, 0.25) is 0 Å². The van der Waals surface area contributed by atoms with Crippen molar-refractivity contribution in [2.45, 2.75) is 25.6 Å². The zero-order chi connectivity index (χ0) is 15.4. The molecule has 1 heterocycles. The Morgan fingerprint density at radius 3 is 1.77 bits per heavy atom. The lowest BCUT2D eigenvalue weighted by atomic mass is 10.1. The van der Waals surface area contributed by atoms with E-state index in [0.717, 1.165) is 44.1 Å². The molecule has 1 saturated heterocycles. The van der Waals surface area contributed by atoms with E-state index in [9.17, 15) is 0 Å². The summed E-state index contributed by atoms with van der Waals surface area (Å²) in [6.07, 6.45) is 1.09. The molecule has 0 spiro atoms. The molecule has 0 radical (unpaired) electrons. The molecular weight excluding hydrogens is 274 g/mol. The maximum Gasteiger partial charge on any atom is 0.0622 e. The maximum atomic E-state index is 5.77. The fraction of sp³-hybridized carbons (Fsp3) is 0.333. The first-order chi connectivity index (χ1) is 10.7. The molecule has 1 aliphatic rings. The second-order valence-corrected chi connectivity index (χ2v) is 5.91. The molecule has 1 fully saturated rings. The molecular formula is C18H23N3O. The van der Waals surface area contributed by atoms with E-state index in [-0.39, 0.29) is 0 Å². The maximum absolute atomic E-state index is 5.77. The van der Waals surface area contributed by atoms with E-state index in [4.69, 9.17) is 16.2 Å². The van der Waals surface area contributed by atoms with E-state index in [1.807, 2.05) is 24.3 Å². The summed E-state index contributed by atoms with van der Waals surface area (Å²) in [4.78, 5) is 2.48. The molecule has 116 valence electrons. The molecule has 4 N–H and O–H groups in total. The third-order valence-corrected chi connectivity index (χ3v) is 4.15. The van der Waals surface area contributed by atoms with Crippen molar-refractivity contribution in [1.82, 2.24) is 4.90 Å². The van der Waals surface area contributed by atoms with Gasteiger partial charge in [0.2, 0.25) is 0 Å². The van der Waals surface area contributed by atoms with Crippen molar-refractivity contribution in [2.75, 3.05) is 24.7 Å². The van der Waals surface area contributed by atoms with Crippen LogP contribution in [0.3, 0.4) is 0 Å². The molecule has 4 nitrogen and oxygen atoms in total. The normalized spacial score (nSPS) is 18.0. The summed E-state index contributed by atoms with van der Waals surface area (Å²) in [5, 5.41) is 0. The monoisotopic (exact) mass is 297 g/mol. The fourth-order valence-corrected chi connectivity index (χ4v) is 2.84. The molecule has 0 aromatic heterocycles. The highest BCUT2D eigenvalue weighted by Gasteiger charge is 2.23. The van der Waals surface area contributed by atoms with Crippen LogP contribution >= 0.6 is 0 Å². The van der Waals surface area contributed by atoms with E-state index >= 15 is 0 Å². The highest BCUT2D eigenvalue weighted by molar-refractivity contribution is 5.40. The van der Waals surface area contributed by atoms with E-state index < -0.39 is 0 Å². The summed E-state index contributed by atoms with van der Waals surface area (Å²) >= 11 is 0. The van der Waals surface area contributed by atoms with Gasteiger partial charge in [0.25, 0.3) is 0 Å². The third kappa shape index (κ3) is 3.78. The molecule has 22 heavy (non-hydrogen) atoms. The molecule has 0 saturated carbocycles. The van der Waals surface area contributed by atoms with Gasteiger partial charge in [-0.1, -0.05) is 24.3 Å². The number of nitrogens with two attached hydrogens (primary N) is 2. The first-order valence-corrected chi connectivity index (χ1v) is 7.71. The molecule has 4 heteroatoms. The zero-order valence-electron chi connectivity index (χ0n) is 12.7. The van der Waals surface area contributed by atoms with Gasteiger partial charge in [0.1, 0.15) is 0 Å². The Morgan fingerprint density at radius 2 is 1.36 bits per heavy atom. The third-order valence-electron chi connectivity index (χ3n) is 4.15. The van der Waals surface area contributed by atoms with Crippen molar-refractivity contribution in [2.24, 2.45) is 0 Å². The van der Waals surface area contributed by atoms with Gasteiger partial charge < -0.3 is 16.2 Å². The summed E-state index contributed by atoms with van der Waals surface area (Å²) in [6, 6.07) is 16.7. The minimum atomic E-state index is 0.468. The zero-order valence-corrected chi connectivity index (χ0v) is 12.7. The summed E-state index contributed by atoms with van der Waals surface area (Å²) in [5.74, 6) is 0. The van der Waals surface area contributed by atoms with Crippen LogP contribution < -0.4 is 11.5 Å². The molecule has 0 amide bonds. The topological polar surface area (TPSA) is 64.5 Å². The van der Waals surface area contributed by atoms with Gasteiger partial charge >= 0.3 is 0 Å². The minimum Gasteiger partial charge on any atom is -0.399 e. The highest BCUT2D eigenvalue weighted by atomic mass is 16.5. The van der Waals surface area contributed by atoms with Crippen molar-refractivity contribution in [3.63, 3.8) is 0 Å². The molecule has 0 aliphatic carbocycles. The Balaban J connectivity index is 1.74. The van der Waals surface area contributed by atoms with Crippen molar-refractivity contribution in [1.29, 1.82) is 0 Å². The molecule has 0 bridgehead atoms. The standard InChI is InChI=1S/C18H23N3O/c19-16-5-1-14(2-6-16)11-21(18-9-10-22-13-18)12-15-3-7-17(20)8-4-15/h1-8,18H,9-13,19-20H2/t18-/m1/s1. The number of nitrogens with zero attached hydrogens (tertiary/aromatic N) is 1. The van der Waals surface area contributed by atoms with Crippen molar-refractivity contribution in [3.8, 4) is 0 Å². The molecule has 2 aromatic carbocycles. The Morgan fingerprint density at radius 1 is 0.864 bits per heavy atom. The number of anilines is 2. The summed E-state index contributed by atoms with van der Waals surface area (Å²) in [7, 11) is 0. The lowest BCUT2D eigenvalue weighted by Crippen LogP contribution is -2.34. The highest BCUT2D eigenvalue weighted by Crippen LogP contribution is 2.20. The second kappa shape index (κ2) is 6.81. The summed E-state index contributed by atoms with van der Waals surface area (Å²) < 4.78 is 5.57. The molecule has 1 atom stereocenters. The van der Waals surface area contributed by atoms with Gasteiger partial charge in [-0.15, -0.1) is 0 Å². The van der Waals surface area contributed by atoms with Crippen molar-refractivity contribution >= 4 is 11.4 Å². The number of ether oxygens (including phenoxy) is 1. The Bertz CT molecular complexity index is 541. The molecule has 1 aliphatic heterocycles. The number of hydrogen-bond donors (Lipinski definition) is 2. The van der Waals surface area contributed by atoms with Gasteiger partial charge in [-0.25, -0.2) is 0 Å². The smallest absolute Gasteiger partial charge is 0.0622 e. The fourth-order valence-electron chi connectivity index (χ4n) is 2.84. The minimum absolute atomic E-state index is 0.468. The predicted octanol–water partition coefficient (Wildman–Crippen LogP) is 2.64. The van der Waals surface area contributed by atoms with Crippen LogP contribution in [-0.4, -0.2) is 24.2 Å². The van der Waals surface area contributed by atoms with Crippen LogP contribution in [0.1, 0.15) is 17.5 Å². The van der Waals surface area contributed by atoms with Gasteiger partial charge in [0, 0.05) is 37.1 Å². The van der Waals surface area contributed by atoms with Crippen LogP contribution in [0, 0.1) is 0 Å². The van der Waals surface area contributed by atoms with Crippen molar-refractivity contribution < 1.29 is 4.74 Å². The quantitative estimate of drug-likeness (QED) is 0.833. The van der Waals surface area contributed by atoms with Crippen LogP contribution in [0.25, 0.3) is 0 Å². The predicted molar refractivity (Wildman–Crippen MR) is 90.2 cm³/mol. The van der Waals surface area contributed by atoms with Crippen LogP contribution in [0.4, 0.5) is 11.4 Å². The average molecular weight is 297 g/mol. The molecule has 2 aromatic rings. The van der Waals surface area contributed by atoms with E-state index in [0.29, 0.717) is 6.04 Å². The van der Waals surface area contributed by atoms with E-state index in [2.05, 4.69) is 29.2 Å². The largest absolute Gasteiger partial charge is 0.399 e. The lowest BCUT2D eigenvalue weighted by Gasteiger charge is -2.28. The summed E-state index contributed by atoms with van der Waals surface area (Å²) in [6.45, 7) is 3.46. The van der Waals surface area contributed by atoms with Gasteiger partial charge in [-0.2, -0.15) is 0 Å². The Kier molecular flexibility index (Phi) is 4.61. The molecule has 0 unspecified atom stereocenters. The Hall–Kier alpha value is -2.04. The van der Waals surface area contributed by atoms with Crippen LogP contribution in [0.5, 0.6) is 0 Å². The lowest BCUT2D eigenvalue weighted by molar-refractivity contribution is 0.134. The number of hydrogen-bond acceptors (Lipinski definition) is 4. The second-order valence-electron chi connectivity index (χ2n) is 5.91. The first kappa shape index (κ1) is 14.9. The number of benzene rings is 2. The van der Waals surface area contributed by atoms with Gasteiger partial charge in [0.15, 0.2) is 0 Å². The average Bonchev–Trinajstić information content (AvgIpc) is 3.05. The van der Waals surface area contributed by atoms with E-state index in [1.54, 1.807) is 0 Å². The van der Waals surface area contributed by atoms with Crippen LogP contribution in [-0.2, 0) is 17.8 Å². The van der Waals surface area contributed by atoms with Crippen molar-refractivity contribution in [3.05, 3.63) is 59.7 Å². The van der Waals surface area contributed by atoms with Gasteiger partial charge in [0.05, 0.1) is 6.61 Å². The number of nitrogen functional groups attached to an aromatic ring is 2. The van der Waals surface area contributed by atoms with Gasteiger partial charge in [-0.3, -0.25) is 4.90 Å². The summed E-state index contributed by atoms with van der Waals surface area (Å²) in [5.41, 5.74) is 15.7. The first-order valence-electron chi connectivity index (χ1n) is 7.71. The van der Waals surface area contributed by atoms with Crippen LogP contribution in [0.15, 0.2) is 48.5 Å².